The van der Waals surface area contributed by atoms with Gasteiger partial charge >= 0.3 is 6.09 Å². The number of likely N-dealkylation sites (tertiary alicyclic amines) is 1. The van der Waals surface area contributed by atoms with Gasteiger partial charge in [0.2, 0.25) is 0 Å². The number of halogens is 2. The maximum Gasteiger partial charge on any atom is 0.410 e. The van der Waals surface area contributed by atoms with E-state index in [1.165, 1.54) is 4.90 Å². The van der Waals surface area contributed by atoms with Crippen molar-refractivity contribution >= 4 is 28.7 Å². The van der Waals surface area contributed by atoms with Crippen molar-refractivity contribution in [3.8, 4) is 6.07 Å². The smallest absolute Gasteiger partial charge is 0.410 e. The van der Waals surface area contributed by atoms with E-state index in [0.717, 1.165) is 0 Å². The lowest BCUT2D eigenvalue weighted by Crippen LogP contribution is -2.58. The van der Waals surface area contributed by atoms with Crippen molar-refractivity contribution in [3.05, 3.63) is 0 Å². The maximum absolute atomic E-state index is 12.8. The second-order valence-corrected chi connectivity index (χ2v) is 7.01. The molecule has 6 heteroatoms. The van der Waals surface area contributed by atoms with Crippen LogP contribution in [0.15, 0.2) is 0 Å². The first kappa shape index (κ1) is 15.5. The fourth-order valence-corrected chi connectivity index (χ4v) is 2.12. The minimum atomic E-state index is -0.941. The van der Waals surface area contributed by atoms with Crippen LogP contribution in [0.5, 0.6) is 0 Å². The van der Waals surface area contributed by atoms with E-state index >= 15 is 0 Å². The van der Waals surface area contributed by atoms with Gasteiger partial charge in [0.05, 0.1) is 11.5 Å². The van der Waals surface area contributed by atoms with Crippen LogP contribution in [0.1, 0.15) is 33.6 Å². The minimum absolute atomic E-state index is 0.335. The number of carbonyl (C=O) groups excluding carboxylic acids is 1. The highest BCUT2D eigenvalue weighted by molar-refractivity contribution is 14.1. The zero-order chi connectivity index (χ0) is 14.0. The zero-order valence-corrected chi connectivity index (χ0v) is 13.0. The quantitative estimate of drug-likeness (QED) is 0.568. The van der Waals surface area contributed by atoms with E-state index in [9.17, 15) is 9.18 Å². The molecule has 0 saturated carbocycles. The molecule has 4 nitrogen and oxygen atoms in total. The van der Waals surface area contributed by atoms with Crippen LogP contribution in [-0.2, 0) is 4.74 Å². The molecule has 0 bridgehead atoms. The highest BCUT2D eigenvalue weighted by Crippen LogP contribution is 2.36. The number of carbonyl (C=O) groups is 1. The van der Waals surface area contributed by atoms with Crippen LogP contribution in [0.25, 0.3) is 0 Å². The van der Waals surface area contributed by atoms with Crippen molar-refractivity contribution < 1.29 is 13.9 Å². The molecule has 1 heterocycles. The van der Waals surface area contributed by atoms with Gasteiger partial charge < -0.3 is 9.64 Å². The molecule has 1 fully saturated rings. The van der Waals surface area contributed by atoms with Crippen molar-refractivity contribution in [1.29, 1.82) is 5.26 Å². The van der Waals surface area contributed by atoms with Crippen LogP contribution in [0, 0.1) is 16.7 Å². The standard InChI is InChI=1S/C12H18FIN2O2/c1-11(2,3)18-10(17)16-7-12(6-15,8-16)5-4-9(13)14/h9H,4-5,7-8H2,1-3H3/t9-/m0/s1. The normalized spacial score (nSPS) is 19.7. The summed E-state index contributed by atoms with van der Waals surface area (Å²) in [5.74, 6) is 0. The van der Waals surface area contributed by atoms with Crippen molar-refractivity contribution in [2.24, 2.45) is 5.41 Å². The molecule has 1 rings (SSSR count). The van der Waals surface area contributed by atoms with E-state index in [-0.39, 0.29) is 0 Å². The number of amides is 1. The number of nitrogens with zero attached hydrogens (tertiary/aromatic N) is 2. The Balaban J connectivity index is 2.45. The maximum atomic E-state index is 12.8. The Morgan fingerprint density at radius 2 is 2.17 bits per heavy atom. The lowest BCUT2D eigenvalue weighted by molar-refractivity contribution is -0.0192. The minimum Gasteiger partial charge on any atom is -0.444 e. The van der Waals surface area contributed by atoms with E-state index in [1.807, 2.05) is 0 Å². The van der Waals surface area contributed by atoms with Crippen LogP contribution in [0.4, 0.5) is 9.18 Å². The highest BCUT2D eigenvalue weighted by Gasteiger charge is 2.46. The van der Waals surface area contributed by atoms with Gasteiger partial charge in [-0.15, -0.1) is 0 Å². The Morgan fingerprint density at radius 3 is 2.56 bits per heavy atom. The molecular formula is C12H18FIN2O2. The second-order valence-electron chi connectivity index (χ2n) is 5.66. The largest absolute Gasteiger partial charge is 0.444 e. The fraction of sp³-hybridized carbons (Fsp3) is 0.833. The number of hydrogen-bond acceptors (Lipinski definition) is 3. The molecule has 1 aliphatic rings. The number of alkyl halides is 2. The van der Waals surface area contributed by atoms with Crippen LogP contribution >= 0.6 is 22.6 Å². The van der Waals surface area contributed by atoms with Crippen molar-refractivity contribution in [2.45, 2.75) is 43.4 Å². The molecular weight excluding hydrogens is 350 g/mol. The van der Waals surface area contributed by atoms with Gasteiger partial charge in [0.15, 0.2) is 4.18 Å². The third kappa shape index (κ3) is 4.26. The molecule has 18 heavy (non-hydrogen) atoms. The summed E-state index contributed by atoms with van der Waals surface area (Å²) in [6.07, 6.45) is 0.419. The predicted molar refractivity (Wildman–Crippen MR) is 74.0 cm³/mol. The van der Waals surface area contributed by atoms with Crippen LogP contribution in [0.3, 0.4) is 0 Å². The van der Waals surface area contributed by atoms with Gasteiger partial charge in [-0.05, 0) is 56.2 Å². The van der Waals surface area contributed by atoms with Crippen LogP contribution in [0.2, 0.25) is 0 Å². The Morgan fingerprint density at radius 1 is 1.61 bits per heavy atom. The molecule has 0 aromatic rings. The average molecular weight is 368 g/mol. The van der Waals surface area contributed by atoms with E-state index in [4.69, 9.17) is 10.00 Å². The molecule has 1 saturated heterocycles. The molecule has 1 atom stereocenters. The molecule has 102 valence electrons. The molecule has 1 aliphatic heterocycles. The summed E-state index contributed by atoms with van der Waals surface area (Å²) in [5, 5.41) is 9.13. The SMILES string of the molecule is CC(C)(C)OC(=O)N1CC(C#N)(CC[C@@H](F)I)C1. The molecule has 0 radical (unpaired) electrons. The van der Waals surface area contributed by atoms with Gasteiger partial charge in [-0.3, -0.25) is 0 Å². The number of hydrogen-bond donors (Lipinski definition) is 0. The molecule has 0 unspecified atom stereocenters. The molecule has 0 N–H and O–H groups in total. The monoisotopic (exact) mass is 368 g/mol. The summed E-state index contributed by atoms with van der Waals surface area (Å²) in [4.78, 5) is 13.2. The number of ether oxygens (including phenoxy) is 1. The summed E-state index contributed by atoms with van der Waals surface area (Å²) >= 11 is 1.69. The van der Waals surface area contributed by atoms with E-state index in [1.54, 1.807) is 43.4 Å². The summed E-state index contributed by atoms with van der Waals surface area (Å²) in [6, 6.07) is 2.20. The summed E-state index contributed by atoms with van der Waals surface area (Å²) in [5.41, 5.74) is -1.12. The average Bonchev–Trinajstić information content (AvgIpc) is 2.13. The second kappa shape index (κ2) is 5.59. The lowest BCUT2D eigenvalue weighted by Gasteiger charge is -2.45. The predicted octanol–water partition coefficient (Wildman–Crippen LogP) is 3.26. The van der Waals surface area contributed by atoms with Gasteiger partial charge in [0.25, 0.3) is 0 Å². The molecule has 0 aliphatic carbocycles. The molecule has 0 aromatic carbocycles. The Labute approximate surface area is 121 Å². The Bertz CT molecular complexity index is 354. The van der Waals surface area contributed by atoms with E-state index in [0.29, 0.717) is 25.9 Å². The van der Waals surface area contributed by atoms with Crippen molar-refractivity contribution in [1.82, 2.24) is 4.90 Å². The summed E-state index contributed by atoms with van der Waals surface area (Å²) < 4.78 is 17.0. The number of nitriles is 1. The lowest BCUT2D eigenvalue weighted by atomic mass is 9.77. The third-order valence-electron chi connectivity index (χ3n) is 2.72. The van der Waals surface area contributed by atoms with Crippen LogP contribution < -0.4 is 0 Å². The highest BCUT2D eigenvalue weighted by atomic mass is 127. The Hall–Kier alpha value is -0.580. The van der Waals surface area contributed by atoms with Gasteiger partial charge in [-0.2, -0.15) is 5.26 Å². The zero-order valence-electron chi connectivity index (χ0n) is 10.9. The first-order valence-corrected chi connectivity index (χ1v) is 7.09. The topological polar surface area (TPSA) is 53.3 Å². The van der Waals surface area contributed by atoms with Gasteiger partial charge in [-0.25, -0.2) is 9.18 Å². The van der Waals surface area contributed by atoms with Crippen molar-refractivity contribution in [2.75, 3.05) is 13.1 Å². The van der Waals surface area contributed by atoms with Gasteiger partial charge in [0.1, 0.15) is 5.60 Å². The Kier molecular flexibility index (Phi) is 4.81. The van der Waals surface area contributed by atoms with Gasteiger partial charge in [0, 0.05) is 13.1 Å². The first-order chi connectivity index (χ1) is 8.17. The van der Waals surface area contributed by atoms with E-state index < -0.39 is 21.3 Å². The van der Waals surface area contributed by atoms with Gasteiger partial charge in [-0.1, -0.05) is 0 Å². The fourth-order valence-electron chi connectivity index (χ4n) is 1.81. The molecule has 1 amide bonds. The summed E-state index contributed by atoms with van der Waals surface area (Å²) in [6.45, 7) is 6.06. The third-order valence-corrected chi connectivity index (χ3v) is 3.34. The van der Waals surface area contributed by atoms with E-state index in [2.05, 4.69) is 6.07 Å². The molecule has 0 aromatic heterocycles. The molecule has 0 spiro atoms. The van der Waals surface area contributed by atoms with Crippen molar-refractivity contribution in [3.63, 3.8) is 0 Å². The number of rotatable bonds is 3. The summed E-state index contributed by atoms with van der Waals surface area (Å²) in [7, 11) is 0. The first-order valence-electron chi connectivity index (χ1n) is 5.85. The van der Waals surface area contributed by atoms with Crippen LogP contribution in [-0.4, -0.2) is 33.9 Å².